The molecule has 88 valence electrons. The predicted octanol–water partition coefficient (Wildman–Crippen LogP) is 4.07. The maximum Gasteiger partial charge on any atom is 0.0271 e. The second kappa shape index (κ2) is 8.72. The number of hydrogen-bond donors (Lipinski definition) is 1. The minimum Gasteiger partial charge on any atom is -0.313 e. The van der Waals surface area contributed by atoms with Crippen molar-refractivity contribution in [1.29, 1.82) is 0 Å². The SMILES string of the molecule is C=C(CCCC/C(C)=C/C)C(CC)NC. The Kier molecular flexibility index (Phi) is 8.40. The van der Waals surface area contributed by atoms with Gasteiger partial charge in [-0.3, -0.25) is 0 Å². The number of likely N-dealkylation sites (N-methyl/N-ethyl adjacent to an activating group) is 1. The number of hydrogen-bond acceptors (Lipinski definition) is 1. The van der Waals surface area contributed by atoms with Crippen LogP contribution in [0.4, 0.5) is 0 Å². The highest BCUT2D eigenvalue weighted by Gasteiger charge is 2.06. The third-order valence-electron chi connectivity index (χ3n) is 3.06. The van der Waals surface area contributed by atoms with E-state index < -0.39 is 0 Å². The van der Waals surface area contributed by atoms with E-state index >= 15 is 0 Å². The van der Waals surface area contributed by atoms with Gasteiger partial charge in [-0.1, -0.05) is 30.7 Å². The maximum absolute atomic E-state index is 4.16. The lowest BCUT2D eigenvalue weighted by Gasteiger charge is -2.16. The first kappa shape index (κ1) is 14.4. The zero-order chi connectivity index (χ0) is 11.7. The van der Waals surface area contributed by atoms with Crippen molar-refractivity contribution in [3.8, 4) is 0 Å². The molecule has 0 rings (SSSR count). The Balaban J connectivity index is 3.63. The van der Waals surface area contributed by atoms with Crippen molar-refractivity contribution in [3.63, 3.8) is 0 Å². The van der Waals surface area contributed by atoms with Gasteiger partial charge in [0.2, 0.25) is 0 Å². The third-order valence-corrected chi connectivity index (χ3v) is 3.06. The number of allylic oxidation sites excluding steroid dienone is 2. The van der Waals surface area contributed by atoms with Crippen LogP contribution in [0, 0.1) is 0 Å². The molecule has 0 bridgehead atoms. The zero-order valence-electron chi connectivity index (χ0n) is 10.9. The molecule has 0 fully saturated rings. The molecule has 0 aromatic rings. The molecule has 1 N–H and O–H groups in total. The summed E-state index contributed by atoms with van der Waals surface area (Å²) < 4.78 is 0. The van der Waals surface area contributed by atoms with Crippen molar-refractivity contribution in [1.82, 2.24) is 5.32 Å². The van der Waals surface area contributed by atoms with E-state index in [1.807, 2.05) is 7.05 Å². The summed E-state index contributed by atoms with van der Waals surface area (Å²) in [6.07, 6.45) is 8.30. The van der Waals surface area contributed by atoms with E-state index in [9.17, 15) is 0 Å². The third kappa shape index (κ3) is 6.51. The summed E-state index contributed by atoms with van der Waals surface area (Å²) in [5.41, 5.74) is 2.86. The Morgan fingerprint density at radius 3 is 2.40 bits per heavy atom. The van der Waals surface area contributed by atoms with Crippen LogP contribution in [0.15, 0.2) is 23.8 Å². The average Bonchev–Trinajstić information content (AvgIpc) is 2.25. The molecule has 0 aromatic carbocycles. The number of rotatable bonds is 8. The molecule has 0 radical (unpaired) electrons. The Morgan fingerprint density at radius 1 is 1.33 bits per heavy atom. The lowest BCUT2D eigenvalue weighted by molar-refractivity contribution is 0.580. The molecule has 0 spiro atoms. The molecule has 1 heteroatoms. The zero-order valence-corrected chi connectivity index (χ0v) is 10.9. The summed E-state index contributed by atoms with van der Waals surface area (Å²) in [4.78, 5) is 0. The highest BCUT2D eigenvalue weighted by atomic mass is 14.9. The van der Waals surface area contributed by atoms with Gasteiger partial charge in [-0.25, -0.2) is 0 Å². The Morgan fingerprint density at radius 2 is 1.93 bits per heavy atom. The monoisotopic (exact) mass is 209 g/mol. The van der Waals surface area contributed by atoms with E-state index in [1.165, 1.54) is 30.4 Å². The van der Waals surface area contributed by atoms with Crippen molar-refractivity contribution in [3.05, 3.63) is 23.8 Å². The summed E-state index contributed by atoms with van der Waals surface area (Å²) in [5, 5.41) is 3.30. The molecule has 1 unspecified atom stereocenters. The van der Waals surface area contributed by atoms with Gasteiger partial charge in [-0.05, 0) is 53.0 Å². The molecule has 0 saturated carbocycles. The van der Waals surface area contributed by atoms with E-state index in [-0.39, 0.29) is 0 Å². The molecular weight excluding hydrogens is 182 g/mol. The molecule has 1 nitrogen and oxygen atoms in total. The van der Waals surface area contributed by atoms with E-state index in [0.717, 1.165) is 12.8 Å². The average molecular weight is 209 g/mol. The maximum atomic E-state index is 4.16. The quantitative estimate of drug-likeness (QED) is 0.469. The molecule has 0 aliphatic rings. The van der Waals surface area contributed by atoms with E-state index in [4.69, 9.17) is 0 Å². The van der Waals surface area contributed by atoms with Crippen LogP contribution in [0.3, 0.4) is 0 Å². The molecule has 1 atom stereocenters. The fourth-order valence-corrected chi connectivity index (χ4v) is 1.77. The summed E-state index contributed by atoms with van der Waals surface area (Å²) in [5.74, 6) is 0. The van der Waals surface area contributed by atoms with Gasteiger partial charge < -0.3 is 5.32 Å². The highest BCUT2D eigenvalue weighted by Crippen LogP contribution is 2.15. The topological polar surface area (TPSA) is 12.0 Å². The molecule has 0 aliphatic heterocycles. The van der Waals surface area contributed by atoms with Crippen LogP contribution in [0.1, 0.15) is 52.9 Å². The fraction of sp³-hybridized carbons (Fsp3) is 0.714. The van der Waals surface area contributed by atoms with E-state index in [1.54, 1.807) is 0 Å². The van der Waals surface area contributed by atoms with Crippen LogP contribution in [-0.2, 0) is 0 Å². The Labute approximate surface area is 95.7 Å². The number of unbranched alkanes of at least 4 members (excludes halogenated alkanes) is 1. The van der Waals surface area contributed by atoms with Gasteiger partial charge in [-0.15, -0.1) is 0 Å². The molecule has 0 aromatic heterocycles. The van der Waals surface area contributed by atoms with Gasteiger partial charge >= 0.3 is 0 Å². The summed E-state index contributed by atoms with van der Waals surface area (Å²) in [6.45, 7) is 10.7. The molecule has 0 amide bonds. The van der Waals surface area contributed by atoms with Crippen LogP contribution in [0.5, 0.6) is 0 Å². The lowest BCUT2D eigenvalue weighted by Crippen LogP contribution is -2.25. The standard InChI is InChI=1S/C14H27N/c1-6-12(3)10-8-9-11-13(4)14(7-2)15-5/h6,14-15H,4,7-11H2,1-3,5H3/b12-6+. The highest BCUT2D eigenvalue weighted by molar-refractivity contribution is 5.04. The van der Waals surface area contributed by atoms with Gasteiger partial charge in [0.05, 0.1) is 0 Å². The summed E-state index contributed by atoms with van der Waals surface area (Å²) >= 11 is 0. The van der Waals surface area contributed by atoms with E-state index in [0.29, 0.717) is 6.04 Å². The lowest BCUT2D eigenvalue weighted by atomic mass is 9.99. The van der Waals surface area contributed by atoms with E-state index in [2.05, 4.69) is 38.7 Å². The second-order valence-electron chi connectivity index (χ2n) is 4.25. The van der Waals surface area contributed by atoms with Crippen LogP contribution in [-0.4, -0.2) is 13.1 Å². The van der Waals surface area contributed by atoms with Crippen molar-refractivity contribution in [2.24, 2.45) is 0 Å². The first-order chi connectivity index (χ1) is 7.15. The Hall–Kier alpha value is -0.560. The predicted molar refractivity (Wildman–Crippen MR) is 70.2 cm³/mol. The van der Waals surface area contributed by atoms with Crippen molar-refractivity contribution in [2.45, 2.75) is 58.9 Å². The molecule has 0 heterocycles. The molecule has 0 aliphatic carbocycles. The minimum atomic E-state index is 0.507. The van der Waals surface area contributed by atoms with Crippen LogP contribution in [0.2, 0.25) is 0 Å². The van der Waals surface area contributed by atoms with Crippen molar-refractivity contribution >= 4 is 0 Å². The van der Waals surface area contributed by atoms with Gasteiger partial charge in [0.25, 0.3) is 0 Å². The van der Waals surface area contributed by atoms with Crippen LogP contribution in [0.25, 0.3) is 0 Å². The summed E-state index contributed by atoms with van der Waals surface area (Å²) in [6, 6.07) is 0.507. The fourth-order valence-electron chi connectivity index (χ4n) is 1.77. The largest absolute Gasteiger partial charge is 0.313 e. The van der Waals surface area contributed by atoms with Gasteiger partial charge in [0, 0.05) is 6.04 Å². The molecular formula is C14H27N. The smallest absolute Gasteiger partial charge is 0.0271 e. The van der Waals surface area contributed by atoms with Crippen molar-refractivity contribution < 1.29 is 0 Å². The van der Waals surface area contributed by atoms with Crippen LogP contribution < -0.4 is 5.32 Å². The normalized spacial score (nSPS) is 14.0. The van der Waals surface area contributed by atoms with Crippen molar-refractivity contribution in [2.75, 3.05) is 7.05 Å². The molecule has 15 heavy (non-hydrogen) atoms. The Bertz CT molecular complexity index is 199. The van der Waals surface area contributed by atoms with Gasteiger partial charge in [0.1, 0.15) is 0 Å². The van der Waals surface area contributed by atoms with Gasteiger partial charge in [0.15, 0.2) is 0 Å². The van der Waals surface area contributed by atoms with Crippen LogP contribution >= 0.6 is 0 Å². The first-order valence-electron chi connectivity index (χ1n) is 6.12. The second-order valence-corrected chi connectivity index (χ2v) is 4.25. The van der Waals surface area contributed by atoms with Gasteiger partial charge in [-0.2, -0.15) is 0 Å². The minimum absolute atomic E-state index is 0.507. The molecule has 0 saturated heterocycles. The first-order valence-corrected chi connectivity index (χ1v) is 6.12. The number of nitrogens with one attached hydrogen (secondary N) is 1. The summed E-state index contributed by atoms with van der Waals surface area (Å²) in [7, 11) is 2.02.